The summed E-state index contributed by atoms with van der Waals surface area (Å²) in [5, 5.41) is 8.69. The fourth-order valence-electron chi connectivity index (χ4n) is 3.43. The summed E-state index contributed by atoms with van der Waals surface area (Å²) in [7, 11) is 0. The molecule has 2 aliphatic carbocycles. The van der Waals surface area contributed by atoms with E-state index in [4.69, 9.17) is 5.11 Å². The van der Waals surface area contributed by atoms with Crippen LogP contribution in [-0.2, 0) is 4.79 Å². The van der Waals surface area contributed by atoms with Crippen molar-refractivity contribution in [3.05, 3.63) is 47.1 Å². The second kappa shape index (κ2) is 6.68. The Labute approximate surface area is 134 Å². The summed E-state index contributed by atoms with van der Waals surface area (Å²) in [6.07, 6.45) is 15.0. The highest BCUT2D eigenvalue weighted by atomic mass is 16.4. The summed E-state index contributed by atoms with van der Waals surface area (Å²) in [5.74, 6) is 0.309. The summed E-state index contributed by atoms with van der Waals surface area (Å²) in [6, 6.07) is 0. The maximum atomic E-state index is 10.6. The molecule has 0 aromatic rings. The molecule has 0 aromatic heterocycles. The van der Waals surface area contributed by atoms with Crippen molar-refractivity contribution in [2.75, 3.05) is 0 Å². The number of rotatable bonds is 5. The second-order valence-corrected chi connectivity index (χ2v) is 7.44. The third-order valence-corrected chi connectivity index (χ3v) is 4.90. The lowest BCUT2D eigenvalue weighted by atomic mass is 9.72. The Hall–Kier alpha value is -1.57. The summed E-state index contributed by atoms with van der Waals surface area (Å²) in [5.41, 5.74) is 4.17. The molecule has 2 heteroatoms. The zero-order valence-corrected chi connectivity index (χ0v) is 14.2. The van der Waals surface area contributed by atoms with E-state index in [0.717, 1.165) is 5.57 Å². The molecule has 0 saturated heterocycles. The number of allylic oxidation sites excluding steroid dienone is 7. The third kappa shape index (κ3) is 4.46. The highest BCUT2D eigenvalue weighted by Crippen LogP contribution is 2.44. The second-order valence-electron chi connectivity index (χ2n) is 7.44. The molecule has 1 N–H and O–H groups in total. The topological polar surface area (TPSA) is 37.3 Å². The highest BCUT2D eigenvalue weighted by molar-refractivity contribution is 5.81. The van der Waals surface area contributed by atoms with E-state index in [1.54, 1.807) is 5.57 Å². The molecule has 0 spiro atoms. The molecule has 2 unspecified atom stereocenters. The Morgan fingerprint density at radius 1 is 1.27 bits per heavy atom. The van der Waals surface area contributed by atoms with E-state index >= 15 is 0 Å². The van der Waals surface area contributed by atoms with Gasteiger partial charge < -0.3 is 5.11 Å². The predicted molar refractivity (Wildman–Crippen MR) is 91.6 cm³/mol. The van der Waals surface area contributed by atoms with Gasteiger partial charge >= 0.3 is 5.97 Å². The van der Waals surface area contributed by atoms with Crippen LogP contribution in [0, 0.1) is 17.3 Å². The smallest absolute Gasteiger partial charge is 0.328 e. The average molecular weight is 300 g/mol. The van der Waals surface area contributed by atoms with E-state index in [2.05, 4.69) is 39.0 Å². The van der Waals surface area contributed by atoms with Gasteiger partial charge in [-0.15, -0.1) is 0 Å². The highest BCUT2D eigenvalue weighted by Gasteiger charge is 2.33. The van der Waals surface area contributed by atoms with Gasteiger partial charge in [-0.05, 0) is 67.9 Å². The van der Waals surface area contributed by atoms with Crippen LogP contribution in [-0.4, -0.2) is 11.1 Å². The van der Waals surface area contributed by atoms with Gasteiger partial charge in [0.25, 0.3) is 0 Å². The molecule has 0 amide bonds. The van der Waals surface area contributed by atoms with Crippen molar-refractivity contribution >= 4 is 5.97 Å². The molecule has 2 nitrogen and oxygen atoms in total. The Balaban J connectivity index is 1.94. The van der Waals surface area contributed by atoms with Gasteiger partial charge in [0.1, 0.15) is 0 Å². The van der Waals surface area contributed by atoms with E-state index in [1.165, 1.54) is 37.3 Å². The van der Waals surface area contributed by atoms with Gasteiger partial charge in [-0.1, -0.05) is 43.7 Å². The Morgan fingerprint density at radius 3 is 2.59 bits per heavy atom. The van der Waals surface area contributed by atoms with Crippen molar-refractivity contribution in [1.29, 1.82) is 0 Å². The van der Waals surface area contributed by atoms with E-state index in [-0.39, 0.29) is 0 Å². The molecule has 1 fully saturated rings. The zero-order chi connectivity index (χ0) is 16.3. The van der Waals surface area contributed by atoms with Crippen LogP contribution in [0.25, 0.3) is 0 Å². The summed E-state index contributed by atoms with van der Waals surface area (Å²) >= 11 is 0. The summed E-state index contributed by atoms with van der Waals surface area (Å²) in [4.78, 5) is 10.6. The summed E-state index contributed by atoms with van der Waals surface area (Å²) in [6.45, 7) is 8.79. The van der Waals surface area contributed by atoms with Crippen molar-refractivity contribution < 1.29 is 9.90 Å². The first-order valence-electron chi connectivity index (χ1n) is 8.27. The predicted octanol–water partition coefficient (Wildman–Crippen LogP) is 5.29. The minimum absolute atomic E-state index is 0.305. The van der Waals surface area contributed by atoms with E-state index in [9.17, 15) is 4.79 Å². The molecule has 0 aliphatic heterocycles. The molecule has 2 aliphatic rings. The van der Waals surface area contributed by atoms with Gasteiger partial charge in [-0.2, -0.15) is 0 Å². The number of hydrogen-bond donors (Lipinski definition) is 1. The van der Waals surface area contributed by atoms with Gasteiger partial charge in [0.15, 0.2) is 0 Å². The van der Waals surface area contributed by atoms with Crippen LogP contribution in [0.15, 0.2) is 47.1 Å². The van der Waals surface area contributed by atoms with Crippen LogP contribution in [0.2, 0.25) is 0 Å². The molecule has 0 bridgehead atoms. The van der Waals surface area contributed by atoms with Crippen molar-refractivity contribution in [1.82, 2.24) is 0 Å². The lowest BCUT2D eigenvalue weighted by Crippen LogP contribution is -2.19. The Morgan fingerprint density at radius 2 is 1.95 bits per heavy atom. The molecule has 0 heterocycles. The van der Waals surface area contributed by atoms with Gasteiger partial charge in [-0.25, -0.2) is 4.79 Å². The number of hydrogen-bond acceptors (Lipinski definition) is 1. The van der Waals surface area contributed by atoms with Crippen molar-refractivity contribution in [3.8, 4) is 0 Å². The zero-order valence-electron chi connectivity index (χ0n) is 14.2. The standard InChI is InChI=1S/C20H28O2/c1-14(12-19(21)22)7-8-16-13-17(16)9-10-18-15(2)6-5-11-20(18,3)4/h7-10,12,16-17H,5-6,11,13H2,1-4H3,(H,21,22)/b8-7+,10-9?,14-12+. The number of carbonyl (C=O) groups is 1. The van der Waals surface area contributed by atoms with Crippen LogP contribution >= 0.6 is 0 Å². The number of aliphatic carboxylic acids is 1. The van der Waals surface area contributed by atoms with E-state index in [0.29, 0.717) is 17.3 Å². The quantitative estimate of drug-likeness (QED) is 0.553. The minimum atomic E-state index is -0.878. The van der Waals surface area contributed by atoms with Crippen LogP contribution in [0.5, 0.6) is 0 Å². The fourth-order valence-corrected chi connectivity index (χ4v) is 3.43. The Bertz CT molecular complexity index is 558. The minimum Gasteiger partial charge on any atom is -0.478 e. The first-order valence-corrected chi connectivity index (χ1v) is 8.27. The van der Waals surface area contributed by atoms with E-state index in [1.807, 2.05) is 13.0 Å². The maximum Gasteiger partial charge on any atom is 0.328 e. The SMILES string of the molecule is CC1=C(C=CC2CC2/C=C/C(C)=C/C(=O)O)C(C)(C)CCC1. The van der Waals surface area contributed by atoms with Gasteiger partial charge in [-0.3, -0.25) is 0 Å². The molecule has 1 saturated carbocycles. The van der Waals surface area contributed by atoms with Crippen LogP contribution in [0.3, 0.4) is 0 Å². The van der Waals surface area contributed by atoms with Crippen LogP contribution in [0.4, 0.5) is 0 Å². The average Bonchev–Trinajstić information content (AvgIpc) is 3.13. The number of carboxylic acid groups (broad SMARTS) is 1. The van der Waals surface area contributed by atoms with Crippen LogP contribution < -0.4 is 0 Å². The molecular formula is C20H28O2. The molecular weight excluding hydrogens is 272 g/mol. The van der Waals surface area contributed by atoms with Crippen molar-refractivity contribution in [2.24, 2.45) is 17.3 Å². The molecule has 2 atom stereocenters. The van der Waals surface area contributed by atoms with Crippen LogP contribution in [0.1, 0.15) is 53.4 Å². The third-order valence-electron chi connectivity index (χ3n) is 4.90. The normalized spacial score (nSPS) is 28.6. The summed E-state index contributed by atoms with van der Waals surface area (Å²) < 4.78 is 0. The Kier molecular flexibility index (Phi) is 5.10. The van der Waals surface area contributed by atoms with E-state index < -0.39 is 5.97 Å². The number of carboxylic acids is 1. The molecule has 0 aromatic carbocycles. The van der Waals surface area contributed by atoms with Crippen molar-refractivity contribution in [2.45, 2.75) is 53.4 Å². The van der Waals surface area contributed by atoms with Gasteiger partial charge in [0.2, 0.25) is 0 Å². The fraction of sp³-hybridized carbons (Fsp3) is 0.550. The van der Waals surface area contributed by atoms with Gasteiger partial charge in [0.05, 0.1) is 0 Å². The lowest BCUT2D eigenvalue weighted by Gasteiger charge is -2.33. The monoisotopic (exact) mass is 300 g/mol. The van der Waals surface area contributed by atoms with Crippen molar-refractivity contribution in [3.63, 3.8) is 0 Å². The lowest BCUT2D eigenvalue weighted by molar-refractivity contribution is -0.131. The largest absolute Gasteiger partial charge is 0.478 e. The van der Waals surface area contributed by atoms with Gasteiger partial charge in [0, 0.05) is 6.08 Å². The molecule has 2 rings (SSSR count). The molecule has 120 valence electrons. The molecule has 0 radical (unpaired) electrons. The first-order chi connectivity index (χ1) is 10.3. The first kappa shape index (κ1) is 16.8. The maximum absolute atomic E-state index is 10.6. The molecule has 22 heavy (non-hydrogen) atoms.